The van der Waals surface area contributed by atoms with Crippen molar-refractivity contribution in [3.05, 3.63) is 59.4 Å². The average Bonchev–Trinajstić information content (AvgIpc) is 3.47. The van der Waals surface area contributed by atoms with E-state index in [0.29, 0.717) is 18.2 Å². The molecule has 1 aliphatic rings. The highest BCUT2D eigenvalue weighted by Gasteiger charge is 2.12. The molecular weight excluding hydrogens is 392 g/mol. The van der Waals surface area contributed by atoms with E-state index in [1.54, 1.807) is 7.11 Å². The van der Waals surface area contributed by atoms with Crippen LogP contribution in [-0.4, -0.2) is 47.9 Å². The molecule has 0 amide bonds. The summed E-state index contributed by atoms with van der Waals surface area (Å²) in [6, 6.07) is 14.1. The van der Waals surface area contributed by atoms with Crippen LogP contribution in [0.3, 0.4) is 0 Å². The number of hydrogen-bond donors (Lipinski definition) is 3. The van der Waals surface area contributed by atoms with Gasteiger partial charge in [0.2, 0.25) is 0 Å². The molecule has 3 N–H and O–H groups in total. The Bertz CT molecular complexity index is 1030. The first-order valence-corrected chi connectivity index (χ1v) is 10.6. The Morgan fingerprint density at radius 3 is 2.87 bits per heavy atom. The van der Waals surface area contributed by atoms with Crippen LogP contribution in [-0.2, 0) is 19.4 Å². The first kappa shape index (κ1) is 20.7. The fraction of sp³-hybridized carbons (Fsp3) is 0.348. The van der Waals surface area contributed by atoms with Gasteiger partial charge in [-0.3, -0.25) is 5.10 Å². The number of nitrogens with zero attached hydrogens (tertiary/aromatic N) is 3. The normalized spacial score (nSPS) is 12.9. The van der Waals surface area contributed by atoms with E-state index < -0.39 is 0 Å². The average molecular weight is 421 g/mol. The summed E-state index contributed by atoms with van der Waals surface area (Å²) in [6.45, 7) is 4.83. The second-order valence-corrected chi connectivity index (χ2v) is 7.25. The number of ether oxygens (including phenoxy) is 2. The van der Waals surface area contributed by atoms with Crippen LogP contribution in [0, 0.1) is 0 Å². The highest BCUT2D eigenvalue weighted by atomic mass is 16.5. The number of aromatic amines is 1. The van der Waals surface area contributed by atoms with Gasteiger partial charge in [0, 0.05) is 25.1 Å². The van der Waals surface area contributed by atoms with Crippen molar-refractivity contribution in [3.8, 4) is 22.9 Å². The van der Waals surface area contributed by atoms with Gasteiger partial charge in [0.25, 0.3) is 0 Å². The SMILES string of the molecule is CCNC(=NCc1nc(-c2ccc(OC)cc2)n[nH]1)NCCc1ccc2c(c1)CCO2. The molecule has 8 nitrogen and oxygen atoms in total. The first-order chi connectivity index (χ1) is 15.2. The number of aliphatic imine (C=N–C) groups is 1. The summed E-state index contributed by atoms with van der Waals surface area (Å²) in [5.74, 6) is 3.94. The van der Waals surface area contributed by atoms with Crippen LogP contribution < -0.4 is 20.1 Å². The Morgan fingerprint density at radius 1 is 1.19 bits per heavy atom. The lowest BCUT2D eigenvalue weighted by molar-refractivity contribution is 0.357. The van der Waals surface area contributed by atoms with Gasteiger partial charge >= 0.3 is 0 Å². The fourth-order valence-electron chi connectivity index (χ4n) is 3.45. The van der Waals surface area contributed by atoms with Gasteiger partial charge in [0.15, 0.2) is 11.8 Å². The largest absolute Gasteiger partial charge is 0.497 e. The molecule has 0 aliphatic carbocycles. The molecule has 0 atom stereocenters. The molecule has 31 heavy (non-hydrogen) atoms. The summed E-state index contributed by atoms with van der Waals surface area (Å²) in [6.07, 6.45) is 1.91. The van der Waals surface area contributed by atoms with Crippen molar-refractivity contribution in [1.29, 1.82) is 0 Å². The number of methoxy groups -OCH3 is 1. The van der Waals surface area contributed by atoms with Crippen molar-refractivity contribution < 1.29 is 9.47 Å². The molecule has 8 heteroatoms. The third-order valence-corrected chi connectivity index (χ3v) is 5.07. The summed E-state index contributed by atoms with van der Waals surface area (Å²) in [7, 11) is 1.65. The lowest BCUT2D eigenvalue weighted by Crippen LogP contribution is -2.38. The summed E-state index contributed by atoms with van der Waals surface area (Å²) in [5, 5.41) is 13.9. The predicted octanol–water partition coefficient (Wildman–Crippen LogP) is 2.71. The molecule has 0 saturated heterocycles. The maximum absolute atomic E-state index is 5.58. The van der Waals surface area contributed by atoms with Gasteiger partial charge in [0.05, 0.1) is 13.7 Å². The van der Waals surface area contributed by atoms with Crippen LogP contribution in [0.4, 0.5) is 0 Å². The Kier molecular flexibility index (Phi) is 6.66. The van der Waals surface area contributed by atoms with Gasteiger partial charge in [-0.25, -0.2) is 9.98 Å². The van der Waals surface area contributed by atoms with Crippen LogP contribution in [0.5, 0.6) is 11.5 Å². The Morgan fingerprint density at radius 2 is 2.06 bits per heavy atom. The third kappa shape index (κ3) is 5.33. The Hall–Kier alpha value is -3.55. The van der Waals surface area contributed by atoms with Crippen LogP contribution >= 0.6 is 0 Å². The van der Waals surface area contributed by atoms with Gasteiger partial charge in [0.1, 0.15) is 23.9 Å². The second kappa shape index (κ2) is 9.97. The molecule has 162 valence electrons. The highest BCUT2D eigenvalue weighted by Crippen LogP contribution is 2.25. The molecule has 0 fully saturated rings. The maximum atomic E-state index is 5.58. The second-order valence-electron chi connectivity index (χ2n) is 7.25. The van der Waals surface area contributed by atoms with Crippen LogP contribution in [0.15, 0.2) is 47.5 Å². The zero-order valence-electron chi connectivity index (χ0n) is 17.9. The molecule has 0 unspecified atom stereocenters. The van der Waals surface area contributed by atoms with Gasteiger partial charge in [-0.15, -0.1) is 0 Å². The molecule has 4 rings (SSSR count). The minimum absolute atomic E-state index is 0.411. The number of H-pyrrole nitrogens is 1. The monoisotopic (exact) mass is 420 g/mol. The van der Waals surface area contributed by atoms with E-state index in [1.165, 1.54) is 11.1 Å². The van der Waals surface area contributed by atoms with Gasteiger partial charge in [-0.1, -0.05) is 12.1 Å². The van der Waals surface area contributed by atoms with E-state index in [9.17, 15) is 0 Å². The molecule has 0 spiro atoms. The predicted molar refractivity (Wildman–Crippen MR) is 121 cm³/mol. The minimum atomic E-state index is 0.411. The third-order valence-electron chi connectivity index (χ3n) is 5.07. The van der Waals surface area contributed by atoms with E-state index in [0.717, 1.165) is 55.6 Å². The molecule has 0 saturated carbocycles. The maximum Gasteiger partial charge on any atom is 0.191 e. The number of fused-ring (bicyclic) bond motifs is 1. The van der Waals surface area contributed by atoms with E-state index in [2.05, 4.69) is 49.0 Å². The quantitative estimate of drug-likeness (QED) is 0.383. The van der Waals surface area contributed by atoms with Gasteiger partial charge in [-0.05, 0) is 54.8 Å². The minimum Gasteiger partial charge on any atom is -0.497 e. The molecule has 2 heterocycles. The zero-order valence-corrected chi connectivity index (χ0v) is 17.9. The first-order valence-electron chi connectivity index (χ1n) is 10.6. The number of benzene rings is 2. The van der Waals surface area contributed by atoms with Crippen molar-refractivity contribution >= 4 is 5.96 Å². The number of nitrogens with one attached hydrogen (secondary N) is 3. The topological polar surface area (TPSA) is 96.5 Å². The fourth-order valence-corrected chi connectivity index (χ4v) is 3.45. The van der Waals surface area contributed by atoms with Crippen molar-refractivity contribution in [1.82, 2.24) is 25.8 Å². The Labute approximate surface area is 182 Å². The summed E-state index contributed by atoms with van der Waals surface area (Å²) in [4.78, 5) is 9.18. The molecular formula is C23H28N6O2. The number of rotatable bonds is 8. The standard InChI is InChI=1S/C23H28N6O2/c1-3-24-23(25-12-10-16-4-9-20-18(14-16)11-13-31-20)26-15-21-27-22(29-28-21)17-5-7-19(30-2)8-6-17/h4-9,14H,3,10-13,15H2,1-2H3,(H2,24,25,26)(H,27,28,29). The highest BCUT2D eigenvalue weighted by molar-refractivity contribution is 5.79. The molecule has 3 aromatic rings. The summed E-state index contributed by atoms with van der Waals surface area (Å²) in [5.41, 5.74) is 3.53. The van der Waals surface area contributed by atoms with E-state index in [4.69, 9.17) is 9.47 Å². The van der Waals surface area contributed by atoms with E-state index in [-0.39, 0.29) is 0 Å². The van der Waals surface area contributed by atoms with E-state index in [1.807, 2.05) is 31.2 Å². The van der Waals surface area contributed by atoms with Crippen molar-refractivity contribution in [2.45, 2.75) is 26.3 Å². The number of guanidine groups is 1. The zero-order chi connectivity index (χ0) is 21.5. The van der Waals surface area contributed by atoms with E-state index >= 15 is 0 Å². The number of aromatic nitrogens is 3. The smallest absolute Gasteiger partial charge is 0.191 e. The van der Waals surface area contributed by atoms with Crippen molar-refractivity contribution in [2.24, 2.45) is 4.99 Å². The molecule has 2 aromatic carbocycles. The van der Waals surface area contributed by atoms with Crippen LogP contribution in [0.2, 0.25) is 0 Å². The van der Waals surface area contributed by atoms with Gasteiger partial charge in [-0.2, -0.15) is 5.10 Å². The van der Waals surface area contributed by atoms with Gasteiger partial charge < -0.3 is 20.1 Å². The summed E-state index contributed by atoms with van der Waals surface area (Å²) >= 11 is 0. The van der Waals surface area contributed by atoms with Crippen molar-refractivity contribution in [3.63, 3.8) is 0 Å². The summed E-state index contributed by atoms with van der Waals surface area (Å²) < 4.78 is 10.8. The van der Waals surface area contributed by atoms with Crippen LogP contribution in [0.1, 0.15) is 23.9 Å². The van der Waals surface area contributed by atoms with Crippen LogP contribution in [0.25, 0.3) is 11.4 Å². The lowest BCUT2D eigenvalue weighted by atomic mass is 10.1. The number of hydrogen-bond acceptors (Lipinski definition) is 5. The van der Waals surface area contributed by atoms with Crippen molar-refractivity contribution in [2.75, 3.05) is 26.8 Å². The lowest BCUT2D eigenvalue weighted by Gasteiger charge is -2.11. The molecule has 1 aromatic heterocycles. The Balaban J connectivity index is 1.32. The molecule has 0 radical (unpaired) electrons. The molecule has 1 aliphatic heterocycles. The molecule has 0 bridgehead atoms.